The van der Waals surface area contributed by atoms with E-state index in [0.717, 1.165) is 16.5 Å². The molecule has 26 nitrogen and oxygen atoms in total. The molecule has 85 heavy (non-hydrogen) atoms. The van der Waals surface area contributed by atoms with Crippen molar-refractivity contribution in [2.24, 2.45) is 39.6 Å². The number of aliphatic imine (C=N–C) groups is 1. The number of carbonyl (C=O) groups is 9. The van der Waals surface area contributed by atoms with Gasteiger partial charge in [-0.25, -0.2) is 0 Å². The van der Waals surface area contributed by atoms with Gasteiger partial charge in [0.2, 0.25) is 47.3 Å². The van der Waals surface area contributed by atoms with Gasteiger partial charge in [-0.05, 0) is 112 Å². The third kappa shape index (κ3) is 24.2. The summed E-state index contributed by atoms with van der Waals surface area (Å²) in [6.07, 6.45) is 2.27. The Balaban J connectivity index is 1.61. The third-order valence-corrected chi connectivity index (χ3v) is 14.2. The Labute approximate surface area is 499 Å². The molecule has 0 saturated carbocycles. The summed E-state index contributed by atoms with van der Waals surface area (Å²) in [5, 5.41) is 42.5. The summed E-state index contributed by atoms with van der Waals surface area (Å²) in [4.78, 5) is 132. The number of phenols is 1. The van der Waals surface area contributed by atoms with Gasteiger partial charge in [-0.1, -0.05) is 74.0 Å². The smallest absolute Gasteiger partial charge is 0.245 e. The van der Waals surface area contributed by atoms with E-state index in [0.29, 0.717) is 49.9 Å². The van der Waals surface area contributed by atoms with E-state index in [9.17, 15) is 53.4 Å². The van der Waals surface area contributed by atoms with Crippen molar-refractivity contribution in [3.05, 3.63) is 102 Å². The van der Waals surface area contributed by atoms with Gasteiger partial charge in [0.25, 0.3) is 0 Å². The number of guanidine groups is 1. The van der Waals surface area contributed by atoms with Crippen LogP contribution in [-0.4, -0.2) is 161 Å². The molecule has 0 spiro atoms. The Kier molecular flexibility index (Phi) is 29.8. The van der Waals surface area contributed by atoms with E-state index in [2.05, 4.69) is 65.1 Å². The van der Waals surface area contributed by atoms with Gasteiger partial charge in [0, 0.05) is 42.9 Å². The summed E-state index contributed by atoms with van der Waals surface area (Å²) in [7, 11) is 0. The quantitative estimate of drug-likeness (QED) is 0.0102. The molecule has 0 unspecified atom stereocenters. The van der Waals surface area contributed by atoms with Crippen LogP contribution in [0.15, 0.2) is 89.9 Å². The molecule has 0 aliphatic heterocycles. The van der Waals surface area contributed by atoms with Crippen molar-refractivity contribution in [1.82, 2.24) is 47.5 Å². The van der Waals surface area contributed by atoms with E-state index in [1.165, 1.54) is 38.1 Å². The first-order chi connectivity index (χ1) is 40.7. The first kappa shape index (κ1) is 69.4. The van der Waals surface area contributed by atoms with Crippen LogP contribution >= 0.6 is 12.6 Å². The number of aromatic hydroxyl groups is 1. The highest BCUT2D eigenvalue weighted by Crippen LogP contribution is 2.18. The number of benzene rings is 3. The van der Waals surface area contributed by atoms with Crippen molar-refractivity contribution in [3.63, 3.8) is 0 Å². The molecule has 27 heteroatoms. The SMILES string of the molecule is CC(=O)[C@H](Cc1ccccc1)NC(=O)[C@@H](CS)NC(=O)[C@@H](CCCN=C(N)N)NC(=O)[C@H](Cc1ccc(O)cc1)NC(=O)[C@H](CCCCN)NC(=O)[C@H](Cc1cc2ccccc2[nH]1)NC(=O)[C@H](CO)NC(=O)[C@H](C)CNC(=O)[C@@H](N)CCCCN. The fourth-order valence-electron chi connectivity index (χ4n) is 8.88. The van der Waals surface area contributed by atoms with Gasteiger partial charge in [0.1, 0.15) is 42.0 Å². The van der Waals surface area contributed by atoms with Crippen molar-refractivity contribution in [2.45, 2.75) is 133 Å². The Bertz CT molecular complexity index is 2820. The van der Waals surface area contributed by atoms with Crippen LogP contribution in [-0.2, 0) is 62.4 Å². The van der Waals surface area contributed by atoms with E-state index >= 15 is 0 Å². The normalized spacial score (nSPS) is 14.3. The molecule has 8 amide bonds. The minimum Gasteiger partial charge on any atom is -0.508 e. The molecule has 0 aliphatic rings. The number of amides is 8. The molecule has 0 bridgehead atoms. The van der Waals surface area contributed by atoms with Gasteiger partial charge in [-0.2, -0.15) is 12.6 Å². The summed E-state index contributed by atoms with van der Waals surface area (Å²) >= 11 is 4.32. The number of rotatable bonds is 38. The van der Waals surface area contributed by atoms with Crippen molar-refractivity contribution >= 4 is 82.5 Å². The second-order valence-corrected chi connectivity index (χ2v) is 21.2. The van der Waals surface area contributed by atoms with Crippen LogP contribution in [0.1, 0.15) is 82.0 Å². The van der Waals surface area contributed by atoms with Crippen molar-refractivity contribution in [3.8, 4) is 5.75 Å². The molecular weight excluding hydrogens is 1110 g/mol. The van der Waals surface area contributed by atoms with Gasteiger partial charge in [0.15, 0.2) is 11.7 Å². The van der Waals surface area contributed by atoms with Gasteiger partial charge in [0.05, 0.1) is 24.6 Å². The summed E-state index contributed by atoms with van der Waals surface area (Å²) in [5.74, 6) is -8.00. The molecule has 9 atom stereocenters. The lowest BCUT2D eigenvalue weighted by Gasteiger charge is -2.28. The average Bonchev–Trinajstić information content (AvgIpc) is 4.19. The maximum atomic E-state index is 14.7. The number of aliphatic hydroxyl groups is 1. The molecule has 21 N–H and O–H groups in total. The third-order valence-electron chi connectivity index (χ3n) is 13.9. The first-order valence-corrected chi connectivity index (χ1v) is 29.0. The zero-order valence-corrected chi connectivity index (χ0v) is 49.0. The molecule has 0 radical (unpaired) electrons. The fourth-order valence-corrected chi connectivity index (χ4v) is 9.14. The number of nitrogens with zero attached hydrogens (tertiary/aromatic N) is 1. The molecular formula is C58H85N15O11S. The number of fused-ring (bicyclic) bond motifs is 1. The number of phenolic OH excluding ortho intramolecular Hbond substituents is 1. The molecule has 0 saturated heterocycles. The lowest BCUT2D eigenvalue weighted by Crippen LogP contribution is -2.61. The number of ketones is 1. The number of hydrogen-bond donors (Lipinski definition) is 17. The largest absolute Gasteiger partial charge is 0.508 e. The fraction of sp³-hybridized carbons (Fsp3) is 0.483. The predicted molar refractivity (Wildman–Crippen MR) is 325 cm³/mol. The van der Waals surface area contributed by atoms with Crippen LogP contribution in [0, 0.1) is 5.92 Å². The number of Topliss-reactive ketones (excluding diaryl/α,β-unsaturated/α-hetero) is 1. The Morgan fingerprint density at radius 3 is 1.62 bits per heavy atom. The highest BCUT2D eigenvalue weighted by atomic mass is 32.1. The lowest BCUT2D eigenvalue weighted by atomic mass is 10.0. The standard InChI is InChI=1S/C58H85N15O11S/c1-34(31-65-51(78)41(61)16-8-10-24-59)50(77)72-48(32-74)56(83)71-47(30-39-29-38-15-6-7-17-42(38)66-39)55(82)67-43(18-9-11-25-60)52(79)70-46(28-37-20-22-40(76)23-21-37)54(81)68-44(19-12-26-64-58(62)63)53(80)73-49(33-85)57(84)69-45(35(2)75)27-36-13-4-3-5-14-36/h3-7,13-15,17,20-23,29,34,41,43-49,66,74,76,85H,8-12,16,18-19,24-28,30-33,59-61H2,1-2H3,(H,65,78)(H,67,82)(H,68,81)(H,69,84)(H,70,79)(H,71,83)(H,72,77)(H,73,80)(H4,62,63,64)/t34-,41+,43+,44-,45+,46+,47+,48+,49-/m1/s1. The monoisotopic (exact) mass is 1200 g/mol. The van der Waals surface area contributed by atoms with Crippen LogP contribution in [0.25, 0.3) is 10.9 Å². The number of aliphatic hydroxyl groups excluding tert-OH is 1. The molecule has 3 aromatic carbocycles. The summed E-state index contributed by atoms with van der Waals surface area (Å²) < 4.78 is 0. The summed E-state index contributed by atoms with van der Waals surface area (Å²) in [5.41, 5.74) is 31.0. The van der Waals surface area contributed by atoms with E-state index in [1.54, 1.807) is 36.4 Å². The van der Waals surface area contributed by atoms with Crippen LogP contribution < -0.4 is 71.2 Å². The lowest BCUT2D eigenvalue weighted by molar-refractivity contribution is -0.136. The van der Waals surface area contributed by atoms with Gasteiger partial charge < -0.3 is 86.4 Å². The van der Waals surface area contributed by atoms with E-state index in [4.69, 9.17) is 28.7 Å². The Morgan fingerprint density at radius 2 is 1.05 bits per heavy atom. The van der Waals surface area contributed by atoms with Crippen LogP contribution in [0.4, 0.5) is 0 Å². The number of aromatic nitrogens is 1. The van der Waals surface area contributed by atoms with Crippen LogP contribution in [0.2, 0.25) is 0 Å². The van der Waals surface area contributed by atoms with E-state index in [1.807, 2.05) is 24.3 Å². The number of H-pyrrole nitrogens is 1. The maximum Gasteiger partial charge on any atom is 0.245 e. The minimum absolute atomic E-state index is 0.0173. The number of para-hydroxylation sites is 1. The average molecular weight is 1200 g/mol. The number of carbonyl (C=O) groups excluding carboxylic acids is 9. The molecule has 0 fully saturated rings. The molecule has 0 aliphatic carbocycles. The number of nitrogens with two attached hydrogens (primary N) is 5. The Morgan fingerprint density at radius 1 is 0.565 bits per heavy atom. The Hall–Kier alpha value is -8.11. The zero-order valence-electron chi connectivity index (χ0n) is 48.1. The van der Waals surface area contributed by atoms with Gasteiger partial charge in [-0.3, -0.25) is 48.1 Å². The minimum atomic E-state index is -1.58. The van der Waals surface area contributed by atoms with E-state index in [-0.39, 0.29) is 81.4 Å². The number of thiol groups is 1. The number of nitrogens with one attached hydrogen (secondary N) is 9. The van der Waals surface area contributed by atoms with Crippen molar-refractivity contribution in [2.75, 3.05) is 38.5 Å². The molecule has 1 aromatic heterocycles. The first-order valence-electron chi connectivity index (χ1n) is 28.4. The summed E-state index contributed by atoms with van der Waals surface area (Å²) in [6.45, 7) is 2.51. The highest BCUT2D eigenvalue weighted by molar-refractivity contribution is 7.80. The molecule has 464 valence electrons. The van der Waals surface area contributed by atoms with Gasteiger partial charge >= 0.3 is 0 Å². The van der Waals surface area contributed by atoms with Crippen molar-refractivity contribution < 1.29 is 53.4 Å². The predicted octanol–water partition coefficient (Wildman–Crippen LogP) is -1.80. The number of aromatic amines is 1. The topological polar surface area (TPSA) is 449 Å². The molecule has 1 heterocycles. The number of hydrogen-bond acceptors (Lipinski definition) is 16. The second kappa shape index (κ2) is 36.6. The van der Waals surface area contributed by atoms with Gasteiger partial charge in [-0.15, -0.1) is 0 Å². The van der Waals surface area contributed by atoms with E-state index < -0.39 is 108 Å². The van der Waals surface area contributed by atoms with Crippen molar-refractivity contribution in [1.29, 1.82) is 0 Å². The zero-order chi connectivity index (χ0) is 62.4. The molecule has 4 aromatic rings. The number of unbranched alkanes of at least 4 members (excludes halogenated alkanes) is 2. The highest BCUT2D eigenvalue weighted by Gasteiger charge is 2.35. The maximum absolute atomic E-state index is 14.7. The van der Waals surface area contributed by atoms with Crippen LogP contribution in [0.5, 0.6) is 5.75 Å². The van der Waals surface area contributed by atoms with Crippen LogP contribution in [0.3, 0.4) is 0 Å². The summed E-state index contributed by atoms with van der Waals surface area (Å²) in [6, 6.07) is 13.5. The second-order valence-electron chi connectivity index (χ2n) is 20.8. The molecule has 4 rings (SSSR count).